The molecule has 0 heterocycles. The van der Waals surface area contributed by atoms with Gasteiger partial charge in [-0.25, -0.2) is 0 Å². The Morgan fingerprint density at radius 2 is 1.67 bits per heavy atom. The molecule has 0 saturated heterocycles. The third-order valence-corrected chi connectivity index (χ3v) is 3.59. The molecular weight excluding hydrogens is 266 g/mol. The number of rotatable bonds is 2. The first-order valence-corrected chi connectivity index (χ1v) is 6.62. The molecule has 5 heteroatoms. The Hall–Kier alpha value is -2.78. The lowest BCUT2D eigenvalue weighted by atomic mass is 9.81. The molecule has 1 aliphatic carbocycles. The molecule has 2 aromatic rings. The minimum atomic E-state index is -0.593. The highest BCUT2D eigenvalue weighted by molar-refractivity contribution is 5.76. The van der Waals surface area contributed by atoms with Gasteiger partial charge >= 0.3 is 5.97 Å². The van der Waals surface area contributed by atoms with Gasteiger partial charge < -0.3 is 4.74 Å². The lowest BCUT2D eigenvalue weighted by Gasteiger charge is -2.32. The first kappa shape index (κ1) is 13.2. The minimum absolute atomic E-state index is 0.396. The summed E-state index contributed by atoms with van der Waals surface area (Å²) in [5.74, 6) is -0.396. The van der Waals surface area contributed by atoms with Crippen molar-refractivity contribution in [3.05, 3.63) is 70.1 Å². The predicted octanol–water partition coefficient (Wildman–Crippen LogP) is 4.32. The second-order valence-corrected chi connectivity index (χ2v) is 4.85. The van der Waals surface area contributed by atoms with Crippen molar-refractivity contribution in [3.63, 3.8) is 0 Å². The Bertz CT molecular complexity index is 751. The summed E-state index contributed by atoms with van der Waals surface area (Å²) >= 11 is 0. The van der Waals surface area contributed by atoms with Crippen LogP contribution in [0.4, 0.5) is 0 Å². The number of nitrogens with zero attached hydrogens (tertiary/aromatic N) is 3. The Kier molecular flexibility index (Phi) is 3.34. The topological polar surface area (TPSA) is 75.1 Å². The molecule has 3 rings (SSSR count). The second-order valence-electron chi connectivity index (χ2n) is 4.85. The zero-order chi connectivity index (χ0) is 14.8. The molecule has 0 fully saturated rings. The van der Waals surface area contributed by atoms with Gasteiger partial charge in [0, 0.05) is 17.4 Å². The van der Waals surface area contributed by atoms with Crippen LogP contribution in [0.2, 0.25) is 0 Å². The number of carbonyl (C=O) groups is 1. The van der Waals surface area contributed by atoms with Crippen molar-refractivity contribution in [3.8, 4) is 11.1 Å². The summed E-state index contributed by atoms with van der Waals surface area (Å²) in [5, 5.41) is 3.86. The van der Waals surface area contributed by atoms with Gasteiger partial charge in [0.25, 0.3) is 0 Å². The second kappa shape index (κ2) is 5.31. The fourth-order valence-electron chi connectivity index (χ4n) is 2.81. The molecule has 0 spiro atoms. The Labute approximate surface area is 121 Å². The van der Waals surface area contributed by atoms with Crippen LogP contribution in [0.15, 0.2) is 53.6 Å². The van der Waals surface area contributed by atoms with Gasteiger partial charge in [0.05, 0.1) is 0 Å². The molecule has 0 N–H and O–H groups in total. The van der Waals surface area contributed by atoms with E-state index in [1.54, 1.807) is 0 Å². The van der Waals surface area contributed by atoms with E-state index in [0.29, 0.717) is 0 Å². The Balaban J connectivity index is 2.25. The van der Waals surface area contributed by atoms with Crippen LogP contribution in [-0.2, 0) is 9.53 Å². The summed E-state index contributed by atoms with van der Waals surface area (Å²) in [6.07, 6.45) is -0.593. The first-order valence-electron chi connectivity index (χ1n) is 6.62. The monoisotopic (exact) mass is 279 g/mol. The average Bonchev–Trinajstić information content (AvgIpc) is 2.50. The van der Waals surface area contributed by atoms with Crippen molar-refractivity contribution >= 4 is 5.97 Å². The van der Waals surface area contributed by atoms with Crippen LogP contribution >= 0.6 is 0 Å². The molecule has 0 aliphatic heterocycles. The molecule has 0 saturated carbocycles. The van der Waals surface area contributed by atoms with Crippen LogP contribution in [0.5, 0.6) is 0 Å². The van der Waals surface area contributed by atoms with E-state index in [0.717, 1.165) is 22.3 Å². The van der Waals surface area contributed by atoms with E-state index in [9.17, 15) is 4.79 Å². The molecule has 0 bridgehead atoms. The number of ether oxygens (including phenoxy) is 1. The van der Waals surface area contributed by atoms with Gasteiger partial charge in [-0.05, 0) is 22.2 Å². The summed E-state index contributed by atoms with van der Waals surface area (Å²) in [7, 11) is 0. The number of hydrogen-bond donors (Lipinski definition) is 0. The highest BCUT2D eigenvalue weighted by Gasteiger charge is 2.34. The summed E-state index contributed by atoms with van der Waals surface area (Å²) < 4.78 is 5.44. The van der Waals surface area contributed by atoms with E-state index in [1.807, 2.05) is 48.5 Å². The lowest BCUT2D eigenvalue weighted by molar-refractivity contribution is -0.148. The van der Waals surface area contributed by atoms with E-state index in [1.165, 1.54) is 6.92 Å². The van der Waals surface area contributed by atoms with Crippen molar-refractivity contribution in [2.75, 3.05) is 0 Å². The fraction of sp³-hybridized carbons (Fsp3) is 0.188. The molecule has 1 aliphatic rings. The standard InChI is InChI=1S/C16H13N3O2/c1-10(20)21-16-14-9-5-3-7-12(14)11-6-2-4-8-13(11)15(16)18-19-17/h2-9,15-16H,1H3/t15-,16-/m1/s1. The van der Waals surface area contributed by atoms with Gasteiger partial charge in [0.15, 0.2) is 0 Å². The molecule has 21 heavy (non-hydrogen) atoms. The number of fused-ring (bicyclic) bond motifs is 3. The van der Waals surface area contributed by atoms with Crippen LogP contribution in [0.3, 0.4) is 0 Å². The van der Waals surface area contributed by atoms with E-state index >= 15 is 0 Å². The van der Waals surface area contributed by atoms with E-state index in [4.69, 9.17) is 10.3 Å². The number of benzene rings is 2. The average molecular weight is 279 g/mol. The molecule has 0 amide bonds. The first-order chi connectivity index (χ1) is 10.2. The molecule has 2 aromatic carbocycles. The highest BCUT2D eigenvalue weighted by Crippen LogP contribution is 2.47. The largest absolute Gasteiger partial charge is 0.457 e. The maximum Gasteiger partial charge on any atom is 0.303 e. The molecular formula is C16H13N3O2. The molecule has 0 radical (unpaired) electrons. The van der Waals surface area contributed by atoms with Crippen molar-refractivity contribution in [2.45, 2.75) is 19.1 Å². The van der Waals surface area contributed by atoms with E-state index in [-0.39, 0.29) is 0 Å². The highest BCUT2D eigenvalue weighted by atomic mass is 16.5. The molecule has 0 unspecified atom stereocenters. The van der Waals surface area contributed by atoms with Gasteiger partial charge in [0.1, 0.15) is 12.1 Å². The van der Waals surface area contributed by atoms with Gasteiger partial charge in [-0.3, -0.25) is 4.79 Å². The quantitative estimate of drug-likeness (QED) is 0.355. The molecule has 2 atom stereocenters. The number of carbonyl (C=O) groups excluding carboxylic acids is 1. The van der Waals surface area contributed by atoms with E-state index < -0.39 is 18.1 Å². The van der Waals surface area contributed by atoms with Crippen molar-refractivity contribution in [1.29, 1.82) is 0 Å². The van der Waals surface area contributed by atoms with Crippen LogP contribution in [0, 0.1) is 0 Å². The smallest absolute Gasteiger partial charge is 0.303 e. The SMILES string of the molecule is CC(=O)O[C@@H]1c2ccccc2-c2ccccc2[C@H]1N=[N+]=[N-]. The van der Waals surface area contributed by atoms with Crippen molar-refractivity contribution < 1.29 is 9.53 Å². The number of esters is 1. The summed E-state index contributed by atoms with van der Waals surface area (Å²) in [6, 6.07) is 14.9. The van der Waals surface area contributed by atoms with Gasteiger partial charge in [-0.1, -0.05) is 53.6 Å². The van der Waals surface area contributed by atoms with Crippen LogP contribution in [0.25, 0.3) is 21.6 Å². The number of hydrogen-bond acceptors (Lipinski definition) is 3. The summed E-state index contributed by atoms with van der Waals surface area (Å²) in [5.41, 5.74) is 12.6. The normalized spacial score (nSPS) is 18.9. The molecule has 0 aromatic heterocycles. The third-order valence-electron chi connectivity index (χ3n) is 3.59. The summed E-state index contributed by atoms with van der Waals surface area (Å²) in [6.45, 7) is 1.36. The predicted molar refractivity (Wildman–Crippen MR) is 78.3 cm³/mol. The third kappa shape index (κ3) is 2.24. The Morgan fingerprint density at radius 3 is 2.29 bits per heavy atom. The maximum absolute atomic E-state index is 11.4. The van der Waals surface area contributed by atoms with Crippen LogP contribution in [-0.4, -0.2) is 5.97 Å². The van der Waals surface area contributed by atoms with Gasteiger partial charge in [-0.2, -0.15) is 0 Å². The zero-order valence-corrected chi connectivity index (χ0v) is 11.4. The molecule has 104 valence electrons. The van der Waals surface area contributed by atoms with Gasteiger partial charge in [-0.15, -0.1) is 0 Å². The van der Waals surface area contributed by atoms with Crippen LogP contribution < -0.4 is 0 Å². The summed E-state index contributed by atoms with van der Waals surface area (Å²) in [4.78, 5) is 14.3. The van der Waals surface area contributed by atoms with E-state index in [2.05, 4.69) is 10.0 Å². The minimum Gasteiger partial charge on any atom is -0.457 e. The van der Waals surface area contributed by atoms with Crippen molar-refractivity contribution in [2.24, 2.45) is 5.11 Å². The number of azide groups is 1. The molecule has 5 nitrogen and oxygen atoms in total. The van der Waals surface area contributed by atoms with Crippen LogP contribution in [0.1, 0.15) is 30.2 Å². The zero-order valence-electron chi connectivity index (χ0n) is 11.4. The van der Waals surface area contributed by atoms with Gasteiger partial charge in [0.2, 0.25) is 0 Å². The van der Waals surface area contributed by atoms with Crippen molar-refractivity contribution in [1.82, 2.24) is 0 Å². The Morgan fingerprint density at radius 1 is 1.10 bits per heavy atom. The maximum atomic E-state index is 11.4. The fourth-order valence-corrected chi connectivity index (χ4v) is 2.81. The lowest BCUT2D eigenvalue weighted by Crippen LogP contribution is -2.20.